The number of thioether (sulfide) groups is 1. The third kappa shape index (κ3) is 4.65. The van der Waals surface area contributed by atoms with Crippen LogP contribution in [0.2, 0.25) is 10.0 Å². The number of imidazole rings is 1. The highest BCUT2D eigenvalue weighted by Crippen LogP contribution is 2.31. The lowest BCUT2D eigenvalue weighted by atomic mass is 10.0. The molecule has 2 aromatic rings. The molecule has 0 aliphatic heterocycles. The predicted molar refractivity (Wildman–Crippen MR) is 90.1 cm³/mol. The van der Waals surface area contributed by atoms with Crippen LogP contribution >= 0.6 is 35.0 Å². The van der Waals surface area contributed by atoms with Crippen LogP contribution in [-0.2, 0) is 12.3 Å². The summed E-state index contributed by atoms with van der Waals surface area (Å²) in [5, 5.41) is 12.0. The van der Waals surface area contributed by atoms with Crippen LogP contribution in [0.4, 0.5) is 0 Å². The van der Waals surface area contributed by atoms with Crippen molar-refractivity contribution in [2.45, 2.75) is 37.0 Å². The molecule has 0 saturated carbocycles. The number of aromatic nitrogens is 2. The molecule has 21 heavy (non-hydrogen) atoms. The molecule has 0 saturated heterocycles. The van der Waals surface area contributed by atoms with Crippen molar-refractivity contribution in [3.63, 3.8) is 0 Å². The quantitative estimate of drug-likeness (QED) is 0.850. The molecule has 3 nitrogen and oxygen atoms in total. The summed E-state index contributed by atoms with van der Waals surface area (Å²) < 4.78 is 1.88. The van der Waals surface area contributed by atoms with Crippen molar-refractivity contribution in [3.05, 3.63) is 52.5 Å². The second-order valence-electron chi connectivity index (χ2n) is 5.28. The van der Waals surface area contributed by atoms with E-state index in [9.17, 15) is 5.11 Å². The Kier molecular flexibility index (Phi) is 5.60. The minimum atomic E-state index is -0.829. The molecular weight excluding hydrogens is 327 g/mol. The largest absolute Gasteiger partial charge is 0.387 e. The van der Waals surface area contributed by atoms with Crippen molar-refractivity contribution in [3.8, 4) is 0 Å². The molecular formula is C15H18Cl2N2OS. The summed E-state index contributed by atoms with van der Waals surface area (Å²) in [6.07, 6.45) is 5.27. The number of aliphatic hydroxyl groups is 1. The van der Waals surface area contributed by atoms with Crippen molar-refractivity contribution < 1.29 is 5.11 Å². The zero-order valence-corrected chi connectivity index (χ0v) is 14.3. The van der Waals surface area contributed by atoms with E-state index in [2.05, 4.69) is 4.98 Å². The third-order valence-corrected chi connectivity index (χ3v) is 5.51. The van der Waals surface area contributed by atoms with Gasteiger partial charge in [0.05, 0.1) is 18.5 Å². The number of halogens is 2. The van der Waals surface area contributed by atoms with Crippen LogP contribution in [0.3, 0.4) is 0 Å². The highest BCUT2D eigenvalue weighted by atomic mass is 35.5. The van der Waals surface area contributed by atoms with Crippen molar-refractivity contribution in [1.29, 1.82) is 0 Å². The summed E-state index contributed by atoms with van der Waals surface area (Å²) in [7, 11) is 0. The van der Waals surface area contributed by atoms with E-state index in [1.807, 2.05) is 36.7 Å². The zero-order chi connectivity index (χ0) is 15.5. The van der Waals surface area contributed by atoms with E-state index >= 15 is 0 Å². The van der Waals surface area contributed by atoms with Crippen molar-refractivity contribution in [2.24, 2.45) is 0 Å². The van der Waals surface area contributed by atoms with Crippen molar-refractivity contribution >= 4 is 35.0 Å². The molecule has 0 radical (unpaired) electrons. The smallest absolute Gasteiger partial charge is 0.0946 e. The van der Waals surface area contributed by atoms with E-state index in [1.165, 1.54) is 0 Å². The van der Waals surface area contributed by atoms with Crippen molar-refractivity contribution in [1.82, 2.24) is 9.55 Å². The Hall–Kier alpha value is -0.680. The lowest BCUT2D eigenvalue weighted by molar-refractivity contribution is 0.0436. The summed E-state index contributed by atoms with van der Waals surface area (Å²) in [6.45, 7) is 4.37. The molecule has 0 bridgehead atoms. The van der Waals surface area contributed by atoms with Gasteiger partial charge in [-0.2, -0.15) is 11.8 Å². The monoisotopic (exact) mass is 344 g/mol. The molecule has 1 aromatic heterocycles. The van der Waals surface area contributed by atoms with Crippen LogP contribution < -0.4 is 0 Å². The normalized spacial score (nSPS) is 15.7. The maximum atomic E-state index is 10.6. The molecule has 114 valence electrons. The topological polar surface area (TPSA) is 38.0 Å². The summed E-state index contributed by atoms with van der Waals surface area (Å²) in [5.74, 6) is 0.733. The molecule has 1 heterocycles. The molecule has 1 N–H and O–H groups in total. The van der Waals surface area contributed by atoms with E-state index in [0.29, 0.717) is 16.6 Å². The van der Waals surface area contributed by atoms with Gasteiger partial charge in [0, 0.05) is 33.4 Å². The van der Waals surface area contributed by atoms with Crippen LogP contribution in [0.1, 0.15) is 19.4 Å². The molecule has 2 unspecified atom stereocenters. The Labute approximate surface area is 139 Å². The molecule has 6 heteroatoms. The number of benzene rings is 1. The second kappa shape index (κ2) is 7.05. The summed E-state index contributed by atoms with van der Waals surface area (Å²) in [6, 6.07) is 5.50. The minimum Gasteiger partial charge on any atom is -0.387 e. The fraction of sp³-hybridized carbons (Fsp3) is 0.400. The Morgan fingerprint density at radius 2 is 2.19 bits per heavy atom. The number of rotatable bonds is 6. The van der Waals surface area contributed by atoms with Gasteiger partial charge in [-0.05, 0) is 24.6 Å². The van der Waals surface area contributed by atoms with Gasteiger partial charge in [0.15, 0.2) is 0 Å². The lowest BCUT2D eigenvalue weighted by Crippen LogP contribution is -2.39. The zero-order valence-electron chi connectivity index (χ0n) is 12.0. The standard InChI is InChI=1S/C15H18Cl2N2OS/c1-11(15(2,20)9-19-6-5-18-10-19)21-8-12-3-4-13(16)7-14(12)17/h3-7,10-11,20H,8-9H2,1-2H3. The highest BCUT2D eigenvalue weighted by Gasteiger charge is 2.29. The van der Waals surface area contributed by atoms with E-state index in [4.69, 9.17) is 23.2 Å². The van der Waals surface area contributed by atoms with Gasteiger partial charge in [-0.1, -0.05) is 36.2 Å². The van der Waals surface area contributed by atoms with E-state index in [1.54, 1.807) is 30.4 Å². The maximum absolute atomic E-state index is 10.6. The van der Waals surface area contributed by atoms with Gasteiger partial charge in [-0.15, -0.1) is 0 Å². The van der Waals surface area contributed by atoms with Gasteiger partial charge in [0.25, 0.3) is 0 Å². The van der Waals surface area contributed by atoms with Gasteiger partial charge in [0.1, 0.15) is 0 Å². The molecule has 0 aliphatic carbocycles. The highest BCUT2D eigenvalue weighted by molar-refractivity contribution is 7.99. The SMILES string of the molecule is CC(SCc1ccc(Cl)cc1Cl)C(C)(O)Cn1ccnc1. The van der Waals surface area contributed by atoms with Gasteiger partial charge >= 0.3 is 0 Å². The number of hydrogen-bond donors (Lipinski definition) is 1. The van der Waals surface area contributed by atoms with Gasteiger partial charge < -0.3 is 9.67 Å². The van der Waals surface area contributed by atoms with Gasteiger partial charge in [-0.3, -0.25) is 0 Å². The Morgan fingerprint density at radius 3 is 2.81 bits per heavy atom. The lowest BCUT2D eigenvalue weighted by Gasteiger charge is -2.30. The van der Waals surface area contributed by atoms with Crippen LogP contribution in [0.5, 0.6) is 0 Å². The third-order valence-electron chi connectivity index (χ3n) is 3.44. The van der Waals surface area contributed by atoms with Crippen LogP contribution in [0.15, 0.2) is 36.9 Å². The molecule has 0 fully saturated rings. The molecule has 0 amide bonds. The Bertz CT molecular complexity index is 587. The molecule has 1 aromatic carbocycles. The van der Waals surface area contributed by atoms with E-state index in [0.717, 1.165) is 11.3 Å². The van der Waals surface area contributed by atoms with Crippen LogP contribution in [0, 0.1) is 0 Å². The van der Waals surface area contributed by atoms with E-state index < -0.39 is 5.60 Å². The number of hydrogen-bond acceptors (Lipinski definition) is 3. The average Bonchev–Trinajstić information content (AvgIpc) is 2.89. The fourth-order valence-electron chi connectivity index (χ4n) is 1.91. The van der Waals surface area contributed by atoms with Gasteiger partial charge in [-0.25, -0.2) is 4.98 Å². The first-order valence-corrected chi connectivity index (χ1v) is 8.42. The summed E-state index contributed by atoms with van der Waals surface area (Å²) >= 11 is 13.7. The second-order valence-corrected chi connectivity index (χ2v) is 7.45. The number of nitrogens with zero attached hydrogens (tertiary/aromatic N) is 2. The van der Waals surface area contributed by atoms with E-state index in [-0.39, 0.29) is 5.25 Å². The molecule has 2 atom stereocenters. The maximum Gasteiger partial charge on any atom is 0.0946 e. The Balaban J connectivity index is 1.95. The molecule has 0 spiro atoms. The minimum absolute atomic E-state index is 0.0478. The summed E-state index contributed by atoms with van der Waals surface area (Å²) in [5.41, 5.74) is 0.195. The fourth-order valence-corrected chi connectivity index (χ4v) is 3.58. The van der Waals surface area contributed by atoms with Gasteiger partial charge in [0.2, 0.25) is 0 Å². The summed E-state index contributed by atoms with van der Waals surface area (Å²) in [4.78, 5) is 3.99. The Morgan fingerprint density at radius 1 is 1.43 bits per heavy atom. The van der Waals surface area contributed by atoms with Crippen LogP contribution in [-0.4, -0.2) is 25.5 Å². The van der Waals surface area contributed by atoms with Crippen LogP contribution in [0.25, 0.3) is 0 Å². The van der Waals surface area contributed by atoms with Crippen molar-refractivity contribution in [2.75, 3.05) is 0 Å². The molecule has 2 rings (SSSR count). The predicted octanol–water partition coefficient (Wildman–Crippen LogP) is 4.26. The molecule has 0 aliphatic rings. The average molecular weight is 345 g/mol. The first kappa shape index (κ1) is 16.7. The first-order valence-electron chi connectivity index (χ1n) is 6.62. The first-order chi connectivity index (χ1) is 9.88.